The van der Waals surface area contributed by atoms with Crippen molar-refractivity contribution in [2.45, 2.75) is 45.4 Å². The summed E-state index contributed by atoms with van der Waals surface area (Å²) in [5, 5.41) is 5.52. The Balaban J connectivity index is 1.60. The third-order valence-electron chi connectivity index (χ3n) is 4.22. The first kappa shape index (κ1) is 18.9. The van der Waals surface area contributed by atoms with Crippen LogP contribution in [0.15, 0.2) is 24.3 Å². The highest BCUT2D eigenvalue weighted by molar-refractivity contribution is 5.88. The van der Waals surface area contributed by atoms with Crippen LogP contribution in [0, 0.1) is 17.8 Å². The zero-order chi connectivity index (χ0) is 17.9. The van der Waals surface area contributed by atoms with E-state index in [4.69, 9.17) is 4.74 Å². The Kier molecular flexibility index (Phi) is 7.84. The van der Waals surface area contributed by atoms with Crippen LogP contribution in [0.25, 0.3) is 0 Å². The molecular weight excluding hydrogens is 316 g/mol. The van der Waals surface area contributed by atoms with E-state index in [0.29, 0.717) is 24.4 Å². The molecule has 0 bridgehead atoms. The molecule has 2 N–H and O–H groups in total. The zero-order valence-corrected chi connectivity index (χ0v) is 14.8. The number of carbonyl (C=O) groups is 2. The van der Waals surface area contributed by atoms with Gasteiger partial charge in [0.05, 0.1) is 6.54 Å². The molecule has 0 aromatic heterocycles. The molecule has 1 aliphatic carbocycles. The molecule has 1 saturated carbocycles. The third-order valence-corrected chi connectivity index (χ3v) is 4.22. The number of hydrogen-bond donors (Lipinski definition) is 2. The van der Waals surface area contributed by atoms with Crippen molar-refractivity contribution in [1.82, 2.24) is 5.32 Å². The number of anilines is 1. The largest absolute Gasteiger partial charge is 0.481 e. The van der Waals surface area contributed by atoms with Crippen LogP contribution in [0.3, 0.4) is 0 Å². The van der Waals surface area contributed by atoms with Crippen molar-refractivity contribution in [3.05, 3.63) is 24.3 Å². The van der Waals surface area contributed by atoms with E-state index in [1.807, 2.05) is 0 Å². The van der Waals surface area contributed by atoms with Gasteiger partial charge in [-0.3, -0.25) is 9.59 Å². The molecule has 25 heavy (non-hydrogen) atoms. The molecule has 0 heterocycles. The van der Waals surface area contributed by atoms with Crippen LogP contribution in [-0.4, -0.2) is 25.0 Å². The minimum Gasteiger partial charge on any atom is -0.481 e. The highest BCUT2D eigenvalue weighted by Gasteiger charge is 2.15. The maximum Gasteiger partial charge on any atom is 0.221 e. The van der Waals surface area contributed by atoms with Crippen LogP contribution in [0.1, 0.15) is 45.4 Å². The lowest BCUT2D eigenvalue weighted by Gasteiger charge is -2.07. The lowest BCUT2D eigenvalue weighted by molar-refractivity contribution is -0.121. The normalized spacial score (nSPS) is 13.6. The Morgan fingerprint density at radius 3 is 2.80 bits per heavy atom. The molecule has 2 rings (SSSR count). The van der Waals surface area contributed by atoms with Crippen LogP contribution in [0.4, 0.5) is 5.69 Å². The van der Waals surface area contributed by atoms with Crippen molar-refractivity contribution in [3.8, 4) is 17.6 Å². The highest BCUT2D eigenvalue weighted by Crippen LogP contribution is 2.28. The van der Waals surface area contributed by atoms with Crippen LogP contribution >= 0.6 is 0 Å². The Morgan fingerprint density at radius 1 is 1.24 bits per heavy atom. The third kappa shape index (κ3) is 7.75. The van der Waals surface area contributed by atoms with E-state index in [-0.39, 0.29) is 18.4 Å². The van der Waals surface area contributed by atoms with Crippen molar-refractivity contribution in [1.29, 1.82) is 0 Å². The summed E-state index contributed by atoms with van der Waals surface area (Å²) in [5.41, 5.74) is 0.687. The summed E-state index contributed by atoms with van der Waals surface area (Å²) >= 11 is 0. The van der Waals surface area contributed by atoms with Crippen molar-refractivity contribution >= 4 is 17.5 Å². The SMILES string of the molecule is CC(=O)Nc1cccc(OCC#CCNC(=O)CCC2CCCC2)c1. The first-order chi connectivity index (χ1) is 12.1. The summed E-state index contributed by atoms with van der Waals surface area (Å²) in [7, 11) is 0. The fraction of sp³-hybridized carbons (Fsp3) is 0.500. The predicted molar refractivity (Wildman–Crippen MR) is 98.2 cm³/mol. The van der Waals surface area contributed by atoms with Crippen molar-refractivity contribution in [2.75, 3.05) is 18.5 Å². The lowest BCUT2D eigenvalue weighted by atomic mass is 10.0. The molecule has 5 heteroatoms. The number of ether oxygens (including phenoxy) is 1. The number of benzene rings is 1. The summed E-state index contributed by atoms with van der Waals surface area (Å²) in [6.07, 6.45) is 6.75. The van der Waals surface area contributed by atoms with Gasteiger partial charge >= 0.3 is 0 Å². The van der Waals surface area contributed by atoms with Crippen molar-refractivity contribution in [3.63, 3.8) is 0 Å². The highest BCUT2D eigenvalue weighted by atomic mass is 16.5. The summed E-state index contributed by atoms with van der Waals surface area (Å²) < 4.78 is 5.51. The first-order valence-electron chi connectivity index (χ1n) is 8.86. The second-order valence-electron chi connectivity index (χ2n) is 6.32. The number of nitrogens with one attached hydrogen (secondary N) is 2. The fourth-order valence-electron chi connectivity index (χ4n) is 2.97. The number of amides is 2. The van der Waals surface area contributed by atoms with Gasteiger partial charge in [0.1, 0.15) is 12.4 Å². The van der Waals surface area contributed by atoms with E-state index >= 15 is 0 Å². The van der Waals surface area contributed by atoms with Gasteiger partial charge < -0.3 is 15.4 Å². The van der Waals surface area contributed by atoms with Gasteiger partial charge in [0.15, 0.2) is 0 Å². The van der Waals surface area contributed by atoms with Crippen molar-refractivity contribution < 1.29 is 14.3 Å². The molecule has 0 aliphatic heterocycles. The monoisotopic (exact) mass is 342 g/mol. The van der Waals surface area contributed by atoms with Crippen LogP contribution in [0.2, 0.25) is 0 Å². The molecule has 1 fully saturated rings. The molecular formula is C20H26N2O3. The molecule has 5 nitrogen and oxygen atoms in total. The molecule has 1 aromatic rings. The molecule has 1 aromatic carbocycles. The van der Waals surface area contributed by atoms with Gasteiger partial charge in [0.2, 0.25) is 11.8 Å². The van der Waals surface area contributed by atoms with E-state index in [9.17, 15) is 9.59 Å². The van der Waals surface area contributed by atoms with Gasteiger partial charge in [-0.2, -0.15) is 0 Å². The van der Waals surface area contributed by atoms with Gasteiger partial charge in [-0.15, -0.1) is 0 Å². The lowest BCUT2D eigenvalue weighted by Crippen LogP contribution is -2.23. The Hall–Kier alpha value is -2.48. The predicted octanol–water partition coefficient (Wildman–Crippen LogP) is 3.11. The minimum atomic E-state index is -0.124. The molecule has 2 amide bonds. The smallest absolute Gasteiger partial charge is 0.221 e. The van der Waals surface area contributed by atoms with Gasteiger partial charge in [-0.05, 0) is 24.5 Å². The minimum absolute atomic E-state index is 0.0742. The van der Waals surface area contributed by atoms with E-state index in [2.05, 4.69) is 22.5 Å². The van der Waals surface area contributed by atoms with E-state index in [1.54, 1.807) is 24.3 Å². The maximum atomic E-state index is 11.7. The molecule has 0 spiro atoms. The average molecular weight is 342 g/mol. The molecule has 0 radical (unpaired) electrons. The summed E-state index contributed by atoms with van der Waals surface area (Å²) in [5.74, 6) is 7.08. The van der Waals surface area contributed by atoms with Gasteiger partial charge in [-0.25, -0.2) is 0 Å². The Labute approximate surface area is 149 Å². The van der Waals surface area contributed by atoms with Gasteiger partial charge in [-0.1, -0.05) is 43.6 Å². The summed E-state index contributed by atoms with van der Waals surface area (Å²) in [6, 6.07) is 7.14. The topological polar surface area (TPSA) is 67.4 Å². The summed E-state index contributed by atoms with van der Waals surface area (Å²) in [4.78, 5) is 22.8. The first-order valence-corrected chi connectivity index (χ1v) is 8.86. The number of carbonyl (C=O) groups excluding carboxylic acids is 2. The van der Waals surface area contributed by atoms with E-state index in [1.165, 1.54) is 32.6 Å². The van der Waals surface area contributed by atoms with E-state index < -0.39 is 0 Å². The zero-order valence-electron chi connectivity index (χ0n) is 14.8. The van der Waals surface area contributed by atoms with Crippen molar-refractivity contribution in [2.24, 2.45) is 5.92 Å². The molecule has 0 saturated heterocycles. The molecule has 134 valence electrons. The van der Waals surface area contributed by atoms with Crippen LogP contribution < -0.4 is 15.4 Å². The number of rotatable bonds is 7. The summed E-state index contributed by atoms with van der Waals surface area (Å²) in [6.45, 7) is 2.04. The maximum absolute atomic E-state index is 11.7. The molecule has 0 atom stereocenters. The molecule has 1 aliphatic rings. The average Bonchev–Trinajstić information content (AvgIpc) is 3.09. The quantitative estimate of drug-likeness (QED) is 0.748. The Bertz CT molecular complexity index is 640. The van der Waals surface area contributed by atoms with Gasteiger partial charge in [0, 0.05) is 25.1 Å². The van der Waals surface area contributed by atoms with Crippen LogP contribution in [-0.2, 0) is 9.59 Å². The standard InChI is InChI=1S/C20H26N2O3/c1-16(23)22-18-9-6-10-19(15-18)25-14-5-4-13-21-20(24)12-11-17-7-2-3-8-17/h6,9-10,15,17H,2-3,7-8,11-14H2,1H3,(H,21,24)(H,22,23). The molecule has 0 unspecified atom stereocenters. The second kappa shape index (κ2) is 10.4. The number of hydrogen-bond acceptors (Lipinski definition) is 3. The fourth-order valence-corrected chi connectivity index (χ4v) is 2.97. The van der Waals surface area contributed by atoms with Crippen LogP contribution in [0.5, 0.6) is 5.75 Å². The second-order valence-corrected chi connectivity index (χ2v) is 6.32. The van der Waals surface area contributed by atoms with E-state index in [0.717, 1.165) is 12.3 Å². The van der Waals surface area contributed by atoms with Gasteiger partial charge in [0.25, 0.3) is 0 Å². The Morgan fingerprint density at radius 2 is 2.04 bits per heavy atom.